The molecule has 0 aliphatic heterocycles. The van der Waals surface area contributed by atoms with Crippen molar-refractivity contribution in [1.82, 2.24) is 14.8 Å². The average molecular weight is 428 g/mol. The van der Waals surface area contributed by atoms with Crippen molar-refractivity contribution in [2.75, 3.05) is 5.32 Å². The maximum atomic E-state index is 11.6. The maximum absolute atomic E-state index is 11.6. The highest BCUT2D eigenvalue weighted by molar-refractivity contribution is 5.81. The van der Waals surface area contributed by atoms with Crippen LogP contribution in [0.15, 0.2) is 79.1 Å². The normalized spacial score (nSPS) is 11.2. The first kappa shape index (κ1) is 21.1. The molecule has 2 aromatic heterocycles. The summed E-state index contributed by atoms with van der Waals surface area (Å²) in [5.41, 5.74) is 2.17. The van der Waals surface area contributed by atoms with Crippen LogP contribution in [0, 0.1) is 0 Å². The van der Waals surface area contributed by atoms with Gasteiger partial charge in [0.05, 0.1) is 11.6 Å². The van der Waals surface area contributed by atoms with Crippen molar-refractivity contribution in [3.8, 4) is 22.8 Å². The number of hydrogen-bond donors (Lipinski definition) is 2. The van der Waals surface area contributed by atoms with Gasteiger partial charge >= 0.3 is 5.97 Å². The van der Waals surface area contributed by atoms with Crippen LogP contribution in [-0.4, -0.2) is 25.8 Å². The summed E-state index contributed by atoms with van der Waals surface area (Å²) in [7, 11) is 1.85. The molecule has 0 bridgehead atoms. The third kappa shape index (κ3) is 4.46. The number of pyridine rings is 1. The molecule has 0 atom stereocenters. The van der Waals surface area contributed by atoms with Gasteiger partial charge in [0.15, 0.2) is 5.75 Å². The van der Waals surface area contributed by atoms with E-state index in [2.05, 4.69) is 15.4 Å². The van der Waals surface area contributed by atoms with Crippen LogP contribution in [-0.2, 0) is 17.3 Å². The van der Waals surface area contributed by atoms with Gasteiger partial charge in [-0.2, -0.15) is 5.10 Å². The van der Waals surface area contributed by atoms with Gasteiger partial charge in [-0.15, -0.1) is 0 Å². The predicted molar refractivity (Wildman–Crippen MR) is 123 cm³/mol. The molecule has 0 spiro atoms. The Morgan fingerprint density at radius 1 is 1.06 bits per heavy atom. The third-order valence-corrected chi connectivity index (χ3v) is 5.19. The number of aromatic nitrogens is 3. The molecule has 0 amide bonds. The maximum Gasteiger partial charge on any atom is 0.313 e. The monoisotopic (exact) mass is 428 g/mol. The Balaban J connectivity index is 1.57. The topological polar surface area (TPSA) is 89.3 Å². The van der Waals surface area contributed by atoms with Crippen molar-refractivity contribution in [2.45, 2.75) is 19.3 Å². The number of carboxylic acids is 1. The lowest BCUT2D eigenvalue weighted by atomic mass is 9.84. The first-order valence-electron chi connectivity index (χ1n) is 10.2. The number of aliphatic carboxylic acids is 1. The minimum absolute atomic E-state index is 0.581. The van der Waals surface area contributed by atoms with E-state index in [4.69, 9.17) is 4.74 Å². The summed E-state index contributed by atoms with van der Waals surface area (Å²) in [6, 6.07) is 20.7. The molecule has 4 rings (SSSR count). The lowest BCUT2D eigenvalue weighted by Gasteiger charge is -2.20. The molecule has 2 aromatic carbocycles. The fourth-order valence-electron chi connectivity index (χ4n) is 3.26. The van der Waals surface area contributed by atoms with Crippen molar-refractivity contribution in [2.24, 2.45) is 7.05 Å². The van der Waals surface area contributed by atoms with Gasteiger partial charge in [0, 0.05) is 30.6 Å². The molecule has 7 nitrogen and oxygen atoms in total. The first-order valence-corrected chi connectivity index (χ1v) is 10.2. The highest BCUT2D eigenvalue weighted by atomic mass is 16.5. The quantitative estimate of drug-likeness (QED) is 0.411. The van der Waals surface area contributed by atoms with Crippen molar-refractivity contribution in [1.29, 1.82) is 0 Å². The van der Waals surface area contributed by atoms with Crippen molar-refractivity contribution >= 4 is 17.5 Å². The second-order valence-electron chi connectivity index (χ2n) is 8.00. The van der Waals surface area contributed by atoms with E-state index in [1.165, 1.54) is 0 Å². The molecule has 0 aliphatic carbocycles. The molecule has 0 unspecified atom stereocenters. The Kier molecular flexibility index (Phi) is 5.64. The van der Waals surface area contributed by atoms with Gasteiger partial charge in [-0.05, 0) is 37.6 Å². The standard InChI is InChI=1S/C25H24N4O3/c1-25(2,24(30)31)18-10-7-11-19(14-18)27-22-15-20(12-13-26-22)32-21-16-29(3)28-23(21)17-8-5-4-6-9-17/h4-16H,1-3H3,(H,26,27)(H,30,31). The SMILES string of the molecule is Cn1cc(Oc2ccnc(Nc3cccc(C(C)(C)C(=O)O)c3)c2)c(-c2ccccc2)n1. The minimum Gasteiger partial charge on any atom is -0.481 e. The number of nitrogens with zero attached hydrogens (tertiary/aromatic N) is 3. The van der Waals surface area contributed by atoms with Crippen LogP contribution in [0.2, 0.25) is 0 Å². The number of aryl methyl sites for hydroxylation is 1. The average Bonchev–Trinajstić information content (AvgIpc) is 3.14. The number of benzene rings is 2. The number of anilines is 2. The smallest absolute Gasteiger partial charge is 0.313 e. The van der Waals surface area contributed by atoms with E-state index in [0.29, 0.717) is 22.9 Å². The van der Waals surface area contributed by atoms with Crippen LogP contribution >= 0.6 is 0 Å². The van der Waals surface area contributed by atoms with Gasteiger partial charge in [0.25, 0.3) is 0 Å². The molecule has 0 fully saturated rings. The predicted octanol–water partition coefficient (Wildman–Crippen LogP) is 5.38. The second-order valence-corrected chi connectivity index (χ2v) is 8.00. The first-order chi connectivity index (χ1) is 15.3. The Morgan fingerprint density at radius 2 is 1.84 bits per heavy atom. The number of carboxylic acid groups (broad SMARTS) is 1. The Labute approximate surface area is 186 Å². The van der Waals surface area contributed by atoms with E-state index in [1.54, 1.807) is 42.9 Å². The number of rotatable bonds is 7. The molecule has 0 radical (unpaired) electrons. The summed E-state index contributed by atoms with van der Waals surface area (Å²) < 4.78 is 7.85. The summed E-state index contributed by atoms with van der Waals surface area (Å²) in [5, 5.41) is 17.3. The second kappa shape index (κ2) is 8.55. The zero-order chi connectivity index (χ0) is 22.7. The summed E-state index contributed by atoms with van der Waals surface area (Å²) in [6.45, 7) is 3.36. The van der Waals surface area contributed by atoms with E-state index in [1.807, 2.05) is 61.8 Å². The van der Waals surface area contributed by atoms with Crippen molar-refractivity contribution in [3.63, 3.8) is 0 Å². The van der Waals surface area contributed by atoms with Crippen molar-refractivity contribution in [3.05, 3.63) is 84.7 Å². The summed E-state index contributed by atoms with van der Waals surface area (Å²) in [6.07, 6.45) is 3.48. The third-order valence-electron chi connectivity index (χ3n) is 5.19. The van der Waals surface area contributed by atoms with Gasteiger partial charge in [-0.1, -0.05) is 42.5 Å². The van der Waals surface area contributed by atoms with E-state index < -0.39 is 11.4 Å². The number of nitrogens with one attached hydrogen (secondary N) is 1. The molecule has 4 aromatic rings. The number of carbonyl (C=O) groups is 1. The van der Waals surface area contributed by atoms with Crippen molar-refractivity contribution < 1.29 is 14.6 Å². The van der Waals surface area contributed by atoms with Crippen LogP contribution in [0.1, 0.15) is 19.4 Å². The largest absolute Gasteiger partial charge is 0.481 e. The van der Waals surface area contributed by atoms with Gasteiger partial charge in [0.2, 0.25) is 0 Å². The molecule has 7 heteroatoms. The molecule has 2 N–H and O–H groups in total. The fraction of sp³-hybridized carbons (Fsp3) is 0.160. The van der Waals surface area contributed by atoms with Crippen LogP contribution < -0.4 is 10.1 Å². The Hall–Kier alpha value is -4.13. The van der Waals surface area contributed by atoms with Gasteiger partial charge in [-0.3, -0.25) is 9.48 Å². The summed E-state index contributed by atoms with van der Waals surface area (Å²) >= 11 is 0. The van der Waals surface area contributed by atoms with E-state index in [0.717, 1.165) is 16.9 Å². The molecule has 0 saturated carbocycles. The molecule has 32 heavy (non-hydrogen) atoms. The van der Waals surface area contributed by atoms with Crippen LogP contribution in [0.25, 0.3) is 11.3 Å². The number of ether oxygens (including phenoxy) is 1. The Morgan fingerprint density at radius 3 is 2.59 bits per heavy atom. The molecule has 0 saturated heterocycles. The zero-order valence-electron chi connectivity index (χ0n) is 18.1. The highest BCUT2D eigenvalue weighted by Gasteiger charge is 2.29. The lowest BCUT2D eigenvalue weighted by Crippen LogP contribution is -2.28. The minimum atomic E-state index is -0.996. The van der Waals surface area contributed by atoms with Crippen LogP contribution in [0.4, 0.5) is 11.5 Å². The highest BCUT2D eigenvalue weighted by Crippen LogP contribution is 2.33. The van der Waals surface area contributed by atoms with Crippen LogP contribution in [0.5, 0.6) is 11.5 Å². The van der Waals surface area contributed by atoms with Gasteiger partial charge in [-0.25, -0.2) is 4.98 Å². The van der Waals surface area contributed by atoms with E-state index in [9.17, 15) is 9.90 Å². The van der Waals surface area contributed by atoms with Gasteiger partial charge < -0.3 is 15.2 Å². The molecule has 2 heterocycles. The summed E-state index contributed by atoms with van der Waals surface area (Å²) in [4.78, 5) is 15.9. The number of hydrogen-bond acceptors (Lipinski definition) is 5. The molecule has 162 valence electrons. The fourth-order valence-corrected chi connectivity index (χ4v) is 3.26. The van der Waals surface area contributed by atoms with E-state index >= 15 is 0 Å². The molecular weight excluding hydrogens is 404 g/mol. The van der Waals surface area contributed by atoms with Crippen LogP contribution in [0.3, 0.4) is 0 Å². The van der Waals surface area contributed by atoms with Gasteiger partial charge in [0.1, 0.15) is 17.3 Å². The van der Waals surface area contributed by atoms with E-state index in [-0.39, 0.29) is 0 Å². The molecule has 0 aliphatic rings. The molecular formula is C25H24N4O3. The summed E-state index contributed by atoms with van der Waals surface area (Å²) in [5.74, 6) is 0.947. The Bertz CT molecular complexity index is 1250. The lowest BCUT2D eigenvalue weighted by molar-refractivity contribution is -0.142. The zero-order valence-corrected chi connectivity index (χ0v) is 18.1.